The number of rotatable bonds is 3. The highest BCUT2D eigenvalue weighted by Gasteiger charge is 2.17. The maximum Gasteiger partial charge on any atom is 0.0710 e. The van der Waals surface area contributed by atoms with E-state index >= 15 is 0 Å². The molecule has 0 bridgehead atoms. The molecule has 2 aromatic carbocycles. The molecule has 1 atom stereocenters. The molecule has 0 heterocycles. The Balaban J connectivity index is 1.98. The summed E-state index contributed by atoms with van der Waals surface area (Å²) in [4.78, 5) is 0. The molecule has 2 nitrogen and oxygen atoms in total. The molecule has 3 heteroatoms. The number of hydrogen-bond donors (Lipinski definition) is 2. The third-order valence-electron chi connectivity index (χ3n) is 4.15. The molecule has 0 saturated heterocycles. The minimum Gasteiger partial charge on any atom is -0.271 e. The van der Waals surface area contributed by atoms with Gasteiger partial charge in [0.05, 0.1) is 6.04 Å². The first kappa shape index (κ1) is 13.6. The van der Waals surface area contributed by atoms with Crippen LogP contribution in [0.2, 0.25) is 5.02 Å². The third-order valence-corrected chi connectivity index (χ3v) is 4.56. The summed E-state index contributed by atoms with van der Waals surface area (Å²) in [5.74, 6) is 5.78. The fourth-order valence-electron chi connectivity index (χ4n) is 2.94. The summed E-state index contributed by atoms with van der Waals surface area (Å²) in [6, 6.07) is 12.8. The van der Waals surface area contributed by atoms with Gasteiger partial charge in [0, 0.05) is 5.02 Å². The second-order valence-corrected chi connectivity index (χ2v) is 5.90. The molecule has 0 aromatic heterocycles. The summed E-state index contributed by atoms with van der Waals surface area (Å²) in [7, 11) is 0. The van der Waals surface area contributed by atoms with E-state index in [4.69, 9.17) is 17.4 Å². The Hall–Kier alpha value is -1.35. The Kier molecular flexibility index (Phi) is 3.79. The first-order chi connectivity index (χ1) is 9.69. The molecule has 0 aliphatic heterocycles. The fourth-order valence-corrected chi connectivity index (χ4v) is 3.13. The zero-order chi connectivity index (χ0) is 14.1. The van der Waals surface area contributed by atoms with Crippen LogP contribution in [-0.2, 0) is 12.8 Å². The van der Waals surface area contributed by atoms with Crippen LogP contribution in [0.1, 0.15) is 40.3 Å². The Morgan fingerprint density at radius 2 is 1.75 bits per heavy atom. The predicted octanol–water partition coefficient (Wildman–Crippen LogP) is 3.69. The van der Waals surface area contributed by atoms with E-state index < -0.39 is 0 Å². The van der Waals surface area contributed by atoms with Gasteiger partial charge in [-0.3, -0.25) is 5.84 Å². The average Bonchev–Trinajstić information content (AvgIpc) is 2.91. The molecule has 1 aliphatic carbocycles. The maximum absolute atomic E-state index is 6.23. The molecule has 104 valence electrons. The number of aryl methyl sites for hydroxylation is 3. The number of halogens is 1. The van der Waals surface area contributed by atoms with Crippen molar-refractivity contribution < 1.29 is 0 Å². The summed E-state index contributed by atoms with van der Waals surface area (Å²) in [5.41, 5.74) is 9.23. The van der Waals surface area contributed by atoms with Crippen molar-refractivity contribution in [3.8, 4) is 0 Å². The molecule has 0 spiro atoms. The van der Waals surface area contributed by atoms with Crippen molar-refractivity contribution in [3.63, 3.8) is 0 Å². The maximum atomic E-state index is 6.23. The lowest BCUT2D eigenvalue weighted by Crippen LogP contribution is -2.29. The van der Waals surface area contributed by atoms with Crippen LogP contribution in [0.4, 0.5) is 0 Å². The molecule has 1 aliphatic rings. The minimum atomic E-state index is -0.0148. The first-order valence-electron chi connectivity index (χ1n) is 7.03. The molecule has 3 N–H and O–H groups in total. The van der Waals surface area contributed by atoms with Crippen LogP contribution in [0.25, 0.3) is 0 Å². The zero-order valence-electron chi connectivity index (χ0n) is 11.6. The van der Waals surface area contributed by atoms with Crippen LogP contribution in [0.15, 0.2) is 36.4 Å². The highest BCUT2D eigenvalue weighted by atomic mass is 35.5. The topological polar surface area (TPSA) is 38.0 Å². The molecular formula is C17H19ClN2. The molecule has 0 saturated carbocycles. The average molecular weight is 287 g/mol. The van der Waals surface area contributed by atoms with E-state index in [1.165, 1.54) is 36.0 Å². The van der Waals surface area contributed by atoms with E-state index in [9.17, 15) is 0 Å². The normalized spacial score (nSPS) is 15.2. The van der Waals surface area contributed by atoms with Crippen LogP contribution in [0.3, 0.4) is 0 Å². The second-order valence-electron chi connectivity index (χ2n) is 5.49. The molecule has 3 rings (SSSR count). The van der Waals surface area contributed by atoms with Crippen LogP contribution in [0, 0.1) is 6.92 Å². The van der Waals surface area contributed by atoms with Gasteiger partial charge in [-0.2, -0.15) is 0 Å². The lowest BCUT2D eigenvalue weighted by Gasteiger charge is -2.18. The molecule has 0 fully saturated rings. The van der Waals surface area contributed by atoms with Crippen molar-refractivity contribution >= 4 is 11.6 Å². The molecule has 1 unspecified atom stereocenters. The Morgan fingerprint density at radius 3 is 2.50 bits per heavy atom. The number of hydrogen-bond acceptors (Lipinski definition) is 2. The van der Waals surface area contributed by atoms with E-state index in [1.807, 2.05) is 19.1 Å². The highest BCUT2D eigenvalue weighted by Crippen LogP contribution is 2.29. The number of nitrogens with two attached hydrogens (primary N) is 1. The quantitative estimate of drug-likeness (QED) is 0.667. The molecule has 0 amide bonds. The minimum absolute atomic E-state index is 0.0148. The number of benzene rings is 2. The van der Waals surface area contributed by atoms with Gasteiger partial charge in [-0.05, 0) is 60.1 Å². The van der Waals surface area contributed by atoms with Gasteiger partial charge in [-0.1, -0.05) is 41.9 Å². The molecule has 2 aromatic rings. The van der Waals surface area contributed by atoms with E-state index in [-0.39, 0.29) is 6.04 Å². The number of hydrazine groups is 1. The summed E-state index contributed by atoms with van der Waals surface area (Å²) >= 11 is 6.23. The van der Waals surface area contributed by atoms with Crippen LogP contribution < -0.4 is 11.3 Å². The van der Waals surface area contributed by atoms with Gasteiger partial charge in [0.15, 0.2) is 0 Å². The van der Waals surface area contributed by atoms with Crippen molar-refractivity contribution in [2.24, 2.45) is 5.84 Å². The van der Waals surface area contributed by atoms with Gasteiger partial charge in [0.2, 0.25) is 0 Å². The van der Waals surface area contributed by atoms with Gasteiger partial charge >= 0.3 is 0 Å². The summed E-state index contributed by atoms with van der Waals surface area (Å²) < 4.78 is 0. The summed E-state index contributed by atoms with van der Waals surface area (Å²) in [6.45, 7) is 2.01. The van der Waals surface area contributed by atoms with Crippen LogP contribution in [0.5, 0.6) is 0 Å². The number of nitrogens with one attached hydrogen (secondary N) is 1. The van der Waals surface area contributed by atoms with Crippen molar-refractivity contribution in [2.75, 3.05) is 0 Å². The first-order valence-corrected chi connectivity index (χ1v) is 7.40. The zero-order valence-corrected chi connectivity index (χ0v) is 12.4. The number of fused-ring (bicyclic) bond motifs is 1. The van der Waals surface area contributed by atoms with Gasteiger partial charge < -0.3 is 0 Å². The molecule has 20 heavy (non-hydrogen) atoms. The molecule has 0 radical (unpaired) electrons. The lowest BCUT2D eigenvalue weighted by molar-refractivity contribution is 0.636. The summed E-state index contributed by atoms with van der Waals surface area (Å²) in [6.07, 6.45) is 3.64. The van der Waals surface area contributed by atoms with Gasteiger partial charge in [-0.15, -0.1) is 0 Å². The van der Waals surface area contributed by atoms with Crippen molar-refractivity contribution in [2.45, 2.75) is 32.2 Å². The van der Waals surface area contributed by atoms with E-state index in [0.29, 0.717) is 0 Å². The largest absolute Gasteiger partial charge is 0.271 e. The monoisotopic (exact) mass is 286 g/mol. The predicted molar refractivity (Wildman–Crippen MR) is 83.8 cm³/mol. The lowest BCUT2D eigenvalue weighted by atomic mass is 9.95. The van der Waals surface area contributed by atoms with Gasteiger partial charge in [-0.25, -0.2) is 5.43 Å². The smallest absolute Gasteiger partial charge is 0.0710 e. The molecular weight excluding hydrogens is 268 g/mol. The summed E-state index contributed by atoms with van der Waals surface area (Å²) in [5, 5.41) is 0.781. The van der Waals surface area contributed by atoms with Crippen molar-refractivity contribution in [1.82, 2.24) is 5.43 Å². The third kappa shape index (κ3) is 2.47. The highest BCUT2D eigenvalue weighted by molar-refractivity contribution is 6.31. The van der Waals surface area contributed by atoms with Crippen molar-refractivity contribution in [3.05, 3.63) is 69.2 Å². The van der Waals surface area contributed by atoms with Crippen LogP contribution >= 0.6 is 11.6 Å². The SMILES string of the molecule is Cc1ccc(C(NN)c2ccc3c(c2)CCC3)cc1Cl. The van der Waals surface area contributed by atoms with Gasteiger partial charge in [0.25, 0.3) is 0 Å². The van der Waals surface area contributed by atoms with E-state index in [1.54, 1.807) is 0 Å². The Labute approximate surface area is 124 Å². The van der Waals surface area contributed by atoms with E-state index in [2.05, 4.69) is 29.7 Å². The second kappa shape index (κ2) is 5.57. The Morgan fingerprint density at radius 1 is 1.05 bits per heavy atom. The fraction of sp³-hybridized carbons (Fsp3) is 0.294. The van der Waals surface area contributed by atoms with Crippen LogP contribution in [-0.4, -0.2) is 0 Å². The van der Waals surface area contributed by atoms with Crippen molar-refractivity contribution in [1.29, 1.82) is 0 Å². The standard InChI is InChI=1S/C17H19ClN2/c1-11-5-6-15(10-16(11)18)17(20-19)14-8-7-12-3-2-4-13(12)9-14/h5-10,17,20H,2-4,19H2,1H3. The Bertz CT molecular complexity index is 637. The van der Waals surface area contributed by atoms with Gasteiger partial charge in [0.1, 0.15) is 0 Å². The van der Waals surface area contributed by atoms with E-state index in [0.717, 1.165) is 16.1 Å².